The molecule has 0 aromatic rings. The monoisotopic (exact) mass is 185 g/mol. The zero-order valence-corrected chi connectivity index (χ0v) is 9.34. The average molecular weight is 185 g/mol. The lowest BCUT2D eigenvalue weighted by Gasteiger charge is -2.29. The summed E-state index contributed by atoms with van der Waals surface area (Å²) in [4.78, 5) is 0. The van der Waals surface area contributed by atoms with Crippen molar-refractivity contribution >= 4 is 0 Å². The van der Waals surface area contributed by atoms with Gasteiger partial charge in [-0.1, -0.05) is 13.8 Å². The Hall–Kier alpha value is -0.0800. The molecule has 1 fully saturated rings. The first-order chi connectivity index (χ1) is 6.20. The second kappa shape index (κ2) is 4.97. The number of hydrogen-bond donors (Lipinski definition) is 1. The van der Waals surface area contributed by atoms with Gasteiger partial charge in [-0.25, -0.2) is 0 Å². The van der Waals surface area contributed by atoms with Gasteiger partial charge in [0, 0.05) is 12.6 Å². The predicted molar refractivity (Wildman–Crippen MR) is 55.8 cm³/mol. The molecule has 1 saturated carbocycles. The highest BCUT2D eigenvalue weighted by Gasteiger charge is 2.37. The number of rotatable bonds is 6. The molecule has 1 aliphatic rings. The molecule has 0 saturated heterocycles. The van der Waals surface area contributed by atoms with Crippen molar-refractivity contribution in [2.75, 3.05) is 13.7 Å². The van der Waals surface area contributed by atoms with Crippen LogP contribution in [0.3, 0.4) is 0 Å². The summed E-state index contributed by atoms with van der Waals surface area (Å²) in [5.41, 5.74) is 0. The minimum Gasteiger partial charge on any atom is -0.377 e. The lowest BCUT2D eigenvalue weighted by molar-refractivity contribution is -0.0000962. The zero-order chi connectivity index (χ0) is 9.84. The van der Waals surface area contributed by atoms with Crippen molar-refractivity contribution in [3.8, 4) is 0 Å². The summed E-state index contributed by atoms with van der Waals surface area (Å²) >= 11 is 0. The van der Waals surface area contributed by atoms with Gasteiger partial charge >= 0.3 is 0 Å². The van der Waals surface area contributed by atoms with Crippen LogP contribution in [0.1, 0.15) is 33.6 Å². The minimum atomic E-state index is 0.391. The summed E-state index contributed by atoms with van der Waals surface area (Å²) in [5.74, 6) is 1.47. The molecule has 2 heteroatoms. The average Bonchev–Trinajstić information content (AvgIpc) is 2.88. The van der Waals surface area contributed by atoms with E-state index in [9.17, 15) is 0 Å². The van der Waals surface area contributed by atoms with Crippen LogP contribution in [0.5, 0.6) is 0 Å². The molecule has 1 aliphatic carbocycles. The molecule has 0 aromatic carbocycles. The first-order valence-corrected chi connectivity index (χ1v) is 5.49. The molecule has 2 nitrogen and oxygen atoms in total. The fourth-order valence-corrected chi connectivity index (χ4v) is 2.03. The van der Waals surface area contributed by atoms with Crippen molar-refractivity contribution in [1.82, 2.24) is 5.32 Å². The molecule has 0 bridgehead atoms. The SMILES string of the molecule is CCOC(C(C)C)C(NC)C1CC1. The number of ether oxygens (including phenoxy) is 1. The van der Waals surface area contributed by atoms with Crippen LogP contribution in [0.15, 0.2) is 0 Å². The zero-order valence-electron chi connectivity index (χ0n) is 9.34. The highest BCUT2D eigenvalue weighted by atomic mass is 16.5. The van der Waals surface area contributed by atoms with Crippen LogP contribution in [0.4, 0.5) is 0 Å². The third-order valence-corrected chi connectivity index (χ3v) is 2.83. The molecule has 78 valence electrons. The van der Waals surface area contributed by atoms with E-state index in [-0.39, 0.29) is 0 Å². The van der Waals surface area contributed by atoms with Crippen molar-refractivity contribution in [2.45, 2.75) is 45.8 Å². The number of likely N-dealkylation sites (N-methyl/N-ethyl adjacent to an activating group) is 1. The van der Waals surface area contributed by atoms with E-state index in [2.05, 4.69) is 33.1 Å². The van der Waals surface area contributed by atoms with Gasteiger partial charge in [-0.15, -0.1) is 0 Å². The third kappa shape index (κ3) is 2.96. The van der Waals surface area contributed by atoms with Crippen molar-refractivity contribution in [3.05, 3.63) is 0 Å². The summed E-state index contributed by atoms with van der Waals surface area (Å²) in [7, 11) is 2.05. The molecule has 0 amide bonds. The van der Waals surface area contributed by atoms with E-state index in [1.165, 1.54) is 12.8 Å². The highest BCUT2D eigenvalue weighted by Crippen LogP contribution is 2.36. The largest absolute Gasteiger partial charge is 0.377 e. The summed E-state index contributed by atoms with van der Waals surface area (Å²) < 4.78 is 5.80. The normalized spacial score (nSPS) is 21.9. The fourth-order valence-electron chi connectivity index (χ4n) is 2.03. The summed E-state index contributed by atoms with van der Waals surface area (Å²) in [6.07, 6.45) is 3.14. The Kier molecular flexibility index (Phi) is 4.20. The van der Waals surface area contributed by atoms with Gasteiger partial charge in [-0.2, -0.15) is 0 Å². The summed E-state index contributed by atoms with van der Waals surface area (Å²) in [6, 6.07) is 0.569. The van der Waals surface area contributed by atoms with Crippen LogP contribution in [0, 0.1) is 11.8 Å². The van der Waals surface area contributed by atoms with Crippen LogP contribution >= 0.6 is 0 Å². The van der Waals surface area contributed by atoms with Crippen LogP contribution < -0.4 is 5.32 Å². The Morgan fingerprint density at radius 1 is 1.38 bits per heavy atom. The standard InChI is InChI=1S/C11H23NO/c1-5-13-11(8(2)3)10(12-4)9-6-7-9/h8-12H,5-7H2,1-4H3. The molecular weight excluding hydrogens is 162 g/mol. The molecule has 1 rings (SSSR count). The van der Waals surface area contributed by atoms with Crippen molar-refractivity contribution in [3.63, 3.8) is 0 Å². The Bertz CT molecular complexity index is 143. The van der Waals surface area contributed by atoms with Crippen molar-refractivity contribution < 1.29 is 4.74 Å². The second-order valence-corrected chi connectivity index (χ2v) is 4.32. The highest BCUT2D eigenvalue weighted by molar-refractivity contribution is 4.92. The molecule has 1 N–H and O–H groups in total. The van der Waals surface area contributed by atoms with E-state index in [0.717, 1.165) is 12.5 Å². The van der Waals surface area contributed by atoms with Crippen molar-refractivity contribution in [1.29, 1.82) is 0 Å². The van der Waals surface area contributed by atoms with Gasteiger partial charge in [0.1, 0.15) is 0 Å². The van der Waals surface area contributed by atoms with Crippen LogP contribution in [-0.2, 0) is 4.74 Å². The maximum Gasteiger partial charge on any atom is 0.0753 e. The fraction of sp³-hybridized carbons (Fsp3) is 1.00. The Morgan fingerprint density at radius 2 is 2.00 bits per heavy atom. The minimum absolute atomic E-state index is 0.391. The van der Waals surface area contributed by atoms with Gasteiger partial charge in [0.25, 0.3) is 0 Å². The molecule has 0 heterocycles. The molecule has 2 unspecified atom stereocenters. The Labute approximate surface area is 82.0 Å². The Balaban J connectivity index is 2.48. The van der Waals surface area contributed by atoms with Gasteiger partial charge in [-0.05, 0) is 38.6 Å². The van der Waals surface area contributed by atoms with Crippen LogP contribution in [0.25, 0.3) is 0 Å². The first kappa shape index (κ1) is 11.0. The molecule has 0 spiro atoms. The van der Waals surface area contributed by atoms with Gasteiger partial charge in [0.05, 0.1) is 6.10 Å². The molecule has 2 atom stereocenters. The van der Waals surface area contributed by atoms with E-state index in [4.69, 9.17) is 4.74 Å². The smallest absolute Gasteiger partial charge is 0.0753 e. The maximum atomic E-state index is 5.80. The lowest BCUT2D eigenvalue weighted by Crippen LogP contribution is -2.44. The van der Waals surface area contributed by atoms with Crippen LogP contribution in [0.2, 0.25) is 0 Å². The van der Waals surface area contributed by atoms with Gasteiger partial charge < -0.3 is 10.1 Å². The van der Waals surface area contributed by atoms with Crippen molar-refractivity contribution in [2.24, 2.45) is 11.8 Å². The first-order valence-electron chi connectivity index (χ1n) is 5.49. The van der Waals surface area contributed by atoms with Gasteiger partial charge in [-0.3, -0.25) is 0 Å². The quantitative estimate of drug-likeness (QED) is 0.684. The second-order valence-electron chi connectivity index (χ2n) is 4.32. The van der Waals surface area contributed by atoms with Crippen LogP contribution in [-0.4, -0.2) is 25.8 Å². The lowest BCUT2D eigenvalue weighted by atomic mass is 9.96. The number of hydrogen-bond acceptors (Lipinski definition) is 2. The van der Waals surface area contributed by atoms with E-state index in [0.29, 0.717) is 18.1 Å². The molecule has 0 aromatic heterocycles. The molecular formula is C11H23NO. The molecule has 0 aliphatic heterocycles. The van der Waals surface area contributed by atoms with E-state index in [1.54, 1.807) is 0 Å². The summed E-state index contributed by atoms with van der Waals surface area (Å²) in [5, 5.41) is 3.41. The van der Waals surface area contributed by atoms with Gasteiger partial charge in [0.2, 0.25) is 0 Å². The predicted octanol–water partition coefficient (Wildman–Crippen LogP) is 2.05. The Morgan fingerprint density at radius 3 is 2.31 bits per heavy atom. The van der Waals surface area contributed by atoms with Gasteiger partial charge in [0.15, 0.2) is 0 Å². The summed E-state index contributed by atoms with van der Waals surface area (Å²) in [6.45, 7) is 7.39. The maximum absolute atomic E-state index is 5.80. The third-order valence-electron chi connectivity index (χ3n) is 2.83. The topological polar surface area (TPSA) is 21.3 Å². The number of nitrogens with one attached hydrogen (secondary N) is 1. The molecule has 13 heavy (non-hydrogen) atoms. The van der Waals surface area contributed by atoms with E-state index >= 15 is 0 Å². The van der Waals surface area contributed by atoms with E-state index < -0.39 is 0 Å². The van der Waals surface area contributed by atoms with E-state index in [1.807, 2.05) is 0 Å². The molecule has 0 radical (unpaired) electrons.